The fourth-order valence-electron chi connectivity index (χ4n) is 2.23. The number of aromatic nitrogens is 1. The first kappa shape index (κ1) is 15.0. The Morgan fingerprint density at radius 1 is 1.30 bits per heavy atom. The van der Waals surface area contributed by atoms with Gasteiger partial charge in [-0.15, -0.1) is 0 Å². The number of aryl methyl sites for hydroxylation is 2. The summed E-state index contributed by atoms with van der Waals surface area (Å²) in [6.45, 7) is 0.673. The van der Waals surface area contributed by atoms with Crippen molar-refractivity contribution in [1.29, 1.82) is 0 Å². The van der Waals surface area contributed by atoms with Crippen LogP contribution in [0, 0.1) is 0 Å². The predicted molar refractivity (Wildman–Crippen MR) is 82.2 cm³/mol. The van der Waals surface area contributed by atoms with Crippen LogP contribution in [0.4, 0.5) is 0 Å². The van der Waals surface area contributed by atoms with E-state index in [-0.39, 0.29) is 5.75 Å². The molecular weight excluding hydrogens is 274 g/mol. The van der Waals surface area contributed by atoms with Crippen molar-refractivity contribution in [3.63, 3.8) is 0 Å². The first-order valence-corrected chi connectivity index (χ1v) is 8.41. The molecule has 0 aliphatic carbocycles. The van der Waals surface area contributed by atoms with Gasteiger partial charge in [0.05, 0.1) is 5.75 Å². The molecule has 0 unspecified atom stereocenters. The number of hydrogen-bond donors (Lipinski definition) is 3. The highest BCUT2D eigenvalue weighted by molar-refractivity contribution is 7.89. The van der Waals surface area contributed by atoms with Crippen LogP contribution in [0.5, 0.6) is 0 Å². The van der Waals surface area contributed by atoms with Crippen molar-refractivity contribution in [3.05, 3.63) is 35.5 Å². The Bertz CT molecular complexity index is 677. The first-order chi connectivity index (χ1) is 9.55. The molecule has 0 atom stereocenters. The van der Waals surface area contributed by atoms with Gasteiger partial charge in [-0.05, 0) is 56.1 Å². The Hall–Kier alpha value is -1.37. The van der Waals surface area contributed by atoms with Gasteiger partial charge in [-0.2, -0.15) is 0 Å². The van der Waals surface area contributed by atoms with E-state index in [0.717, 1.165) is 29.3 Å². The number of hydrogen-bond acceptors (Lipinski definition) is 3. The van der Waals surface area contributed by atoms with Crippen LogP contribution in [0.25, 0.3) is 10.9 Å². The van der Waals surface area contributed by atoms with E-state index in [4.69, 9.17) is 5.73 Å². The molecule has 110 valence electrons. The van der Waals surface area contributed by atoms with E-state index in [2.05, 4.69) is 15.8 Å². The summed E-state index contributed by atoms with van der Waals surface area (Å²) in [5.74, 6) is 0.109. The van der Waals surface area contributed by atoms with Gasteiger partial charge in [0.2, 0.25) is 10.0 Å². The van der Waals surface area contributed by atoms with E-state index in [1.54, 1.807) is 0 Å². The van der Waals surface area contributed by atoms with Crippen LogP contribution in [0.2, 0.25) is 0 Å². The van der Waals surface area contributed by atoms with Crippen molar-refractivity contribution < 1.29 is 8.42 Å². The molecule has 0 aliphatic rings. The molecule has 4 N–H and O–H groups in total. The minimum atomic E-state index is -3.16. The number of nitrogens with two attached hydrogens (primary N) is 1. The first-order valence-electron chi connectivity index (χ1n) is 6.76. The van der Waals surface area contributed by atoms with Gasteiger partial charge < -0.3 is 10.7 Å². The normalized spacial score (nSPS) is 12.1. The molecule has 6 heteroatoms. The highest BCUT2D eigenvalue weighted by Gasteiger charge is 2.09. The highest BCUT2D eigenvalue weighted by Crippen LogP contribution is 2.21. The Morgan fingerprint density at radius 2 is 2.10 bits per heavy atom. The molecule has 0 fully saturated rings. The van der Waals surface area contributed by atoms with Crippen LogP contribution in [-0.2, 0) is 22.9 Å². The molecule has 1 aromatic carbocycles. The number of rotatable bonds is 7. The largest absolute Gasteiger partial charge is 0.361 e. The van der Waals surface area contributed by atoms with Crippen molar-refractivity contribution in [2.24, 2.45) is 5.73 Å². The number of benzene rings is 1. The molecule has 0 saturated heterocycles. The summed E-state index contributed by atoms with van der Waals surface area (Å²) in [7, 11) is -1.72. The molecule has 0 bridgehead atoms. The summed E-state index contributed by atoms with van der Waals surface area (Å²) in [6, 6.07) is 6.04. The minimum Gasteiger partial charge on any atom is -0.361 e. The summed E-state index contributed by atoms with van der Waals surface area (Å²) >= 11 is 0. The van der Waals surface area contributed by atoms with Gasteiger partial charge in [0.1, 0.15) is 0 Å². The third kappa shape index (κ3) is 3.59. The lowest BCUT2D eigenvalue weighted by Crippen LogP contribution is -2.23. The maximum atomic E-state index is 11.5. The van der Waals surface area contributed by atoms with Crippen LogP contribution in [-0.4, -0.2) is 32.7 Å². The summed E-state index contributed by atoms with van der Waals surface area (Å²) < 4.78 is 25.3. The third-order valence-corrected chi connectivity index (χ3v) is 4.82. The maximum Gasteiger partial charge on any atom is 0.211 e. The molecule has 0 saturated carbocycles. The summed E-state index contributed by atoms with van der Waals surface area (Å²) in [4.78, 5) is 3.24. The fraction of sp³-hybridized carbons (Fsp3) is 0.429. The standard InChI is InChI=1S/C14H21N3O2S/c1-16-20(18,19)8-6-11-4-5-14-13(9-11)12(10-17-14)3-2-7-15/h4-5,9-10,16-17H,2-3,6-8,15H2,1H3. The van der Waals surface area contributed by atoms with E-state index in [1.807, 2.05) is 18.3 Å². The van der Waals surface area contributed by atoms with Crippen molar-refractivity contribution in [2.45, 2.75) is 19.3 Å². The monoisotopic (exact) mass is 295 g/mol. The van der Waals surface area contributed by atoms with Gasteiger partial charge in [0, 0.05) is 17.1 Å². The second-order valence-electron chi connectivity index (χ2n) is 4.86. The third-order valence-electron chi connectivity index (χ3n) is 3.45. The molecule has 0 radical (unpaired) electrons. The zero-order chi connectivity index (χ0) is 14.6. The summed E-state index contributed by atoms with van der Waals surface area (Å²) in [5.41, 5.74) is 8.90. The Balaban J connectivity index is 2.19. The molecule has 0 amide bonds. The SMILES string of the molecule is CNS(=O)(=O)CCc1ccc2[nH]cc(CCCN)c2c1. The molecule has 0 aliphatic heterocycles. The van der Waals surface area contributed by atoms with Crippen LogP contribution >= 0.6 is 0 Å². The number of nitrogens with one attached hydrogen (secondary N) is 2. The van der Waals surface area contributed by atoms with Gasteiger partial charge in [0.15, 0.2) is 0 Å². The lowest BCUT2D eigenvalue weighted by atomic mass is 10.0. The average Bonchev–Trinajstić information content (AvgIpc) is 2.85. The van der Waals surface area contributed by atoms with E-state index in [0.29, 0.717) is 13.0 Å². The predicted octanol–water partition coefficient (Wildman–Crippen LogP) is 1.15. The van der Waals surface area contributed by atoms with Crippen LogP contribution in [0.3, 0.4) is 0 Å². The lowest BCUT2D eigenvalue weighted by Gasteiger charge is -2.04. The number of H-pyrrole nitrogens is 1. The molecule has 1 heterocycles. The Labute approximate surface area is 119 Å². The van der Waals surface area contributed by atoms with E-state index >= 15 is 0 Å². The van der Waals surface area contributed by atoms with Gasteiger partial charge >= 0.3 is 0 Å². The molecule has 5 nitrogen and oxygen atoms in total. The van der Waals surface area contributed by atoms with Crippen LogP contribution in [0.1, 0.15) is 17.5 Å². The minimum absolute atomic E-state index is 0.109. The Kier molecular flexibility index (Phi) is 4.80. The molecule has 2 rings (SSSR count). The quantitative estimate of drug-likeness (QED) is 0.716. The van der Waals surface area contributed by atoms with Crippen LogP contribution in [0.15, 0.2) is 24.4 Å². The molecule has 1 aromatic heterocycles. The molecular formula is C14H21N3O2S. The van der Waals surface area contributed by atoms with Gasteiger partial charge in [0.25, 0.3) is 0 Å². The van der Waals surface area contributed by atoms with Gasteiger partial charge in [-0.1, -0.05) is 6.07 Å². The van der Waals surface area contributed by atoms with Crippen LogP contribution < -0.4 is 10.5 Å². The maximum absolute atomic E-state index is 11.5. The van der Waals surface area contributed by atoms with Crippen molar-refractivity contribution in [3.8, 4) is 0 Å². The van der Waals surface area contributed by atoms with Crippen molar-refractivity contribution in [1.82, 2.24) is 9.71 Å². The van der Waals surface area contributed by atoms with Crippen molar-refractivity contribution >= 4 is 20.9 Å². The Morgan fingerprint density at radius 3 is 2.80 bits per heavy atom. The number of fused-ring (bicyclic) bond motifs is 1. The number of aromatic amines is 1. The van der Waals surface area contributed by atoms with Crippen molar-refractivity contribution in [2.75, 3.05) is 19.3 Å². The topological polar surface area (TPSA) is 88.0 Å². The highest BCUT2D eigenvalue weighted by atomic mass is 32.2. The zero-order valence-electron chi connectivity index (χ0n) is 11.6. The average molecular weight is 295 g/mol. The summed E-state index contributed by atoms with van der Waals surface area (Å²) in [5, 5.41) is 1.16. The van der Waals surface area contributed by atoms with E-state index < -0.39 is 10.0 Å². The second kappa shape index (κ2) is 6.39. The van der Waals surface area contributed by atoms with Gasteiger partial charge in [-0.3, -0.25) is 0 Å². The summed E-state index contributed by atoms with van der Waals surface area (Å²) in [6.07, 6.45) is 4.41. The van der Waals surface area contributed by atoms with E-state index in [1.165, 1.54) is 12.6 Å². The van der Waals surface area contributed by atoms with Gasteiger partial charge in [-0.25, -0.2) is 13.1 Å². The molecule has 0 spiro atoms. The zero-order valence-corrected chi connectivity index (χ0v) is 12.5. The second-order valence-corrected chi connectivity index (χ2v) is 6.91. The molecule has 2 aromatic rings. The number of sulfonamides is 1. The lowest BCUT2D eigenvalue weighted by molar-refractivity contribution is 0.587. The fourth-order valence-corrected chi connectivity index (χ4v) is 2.94. The molecule has 20 heavy (non-hydrogen) atoms. The van der Waals surface area contributed by atoms with E-state index in [9.17, 15) is 8.42 Å². The smallest absolute Gasteiger partial charge is 0.211 e.